The minimum atomic E-state index is -0.891. The third-order valence-electron chi connectivity index (χ3n) is 6.77. The predicted molar refractivity (Wildman–Crippen MR) is 154 cm³/mol. The Labute approximate surface area is 232 Å². The van der Waals surface area contributed by atoms with Crippen LogP contribution in [-0.2, 0) is 5.44 Å². The molecule has 0 saturated heterocycles. The van der Waals surface area contributed by atoms with Crippen molar-refractivity contribution in [1.29, 1.82) is 5.26 Å². The summed E-state index contributed by atoms with van der Waals surface area (Å²) in [7, 11) is 1.98. The Kier molecular flexibility index (Phi) is 6.85. The second-order valence-electron chi connectivity index (χ2n) is 11.2. The molecule has 5 rings (SSSR count). The van der Waals surface area contributed by atoms with Crippen molar-refractivity contribution in [1.82, 2.24) is 21.0 Å². The van der Waals surface area contributed by atoms with Crippen molar-refractivity contribution in [3.63, 3.8) is 0 Å². The van der Waals surface area contributed by atoms with Gasteiger partial charge in [0.15, 0.2) is 0 Å². The number of hydrogen-bond acceptors (Lipinski definition) is 7. The number of nitriles is 1. The smallest absolute Gasteiger partial charge is 0.148 e. The van der Waals surface area contributed by atoms with Crippen LogP contribution in [0.1, 0.15) is 44.7 Å². The summed E-state index contributed by atoms with van der Waals surface area (Å²) in [6, 6.07) is 10.8. The summed E-state index contributed by atoms with van der Waals surface area (Å²) in [5.41, 5.74) is 9.46. The van der Waals surface area contributed by atoms with E-state index < -0.39 is 11.3 Å². The summed E-state index contributed by atoms with van der Waals surface area (Å²) < 4.78 is 14.0. The van der Waals surface area contributed by atoms with Crippen molar-refractivity contribution in [2.75, 3.05) is 17.2 Å². The molecule has 1 atom stereocenters. The first kappa shape index (κ1) is 26.4. The number of nitrogens with one attached hydrogen (secondary N) is 4. The molecule has 0 spiro atoms. The van der Waals surface area contributed by atoms with Crippen LogP contribution in [0.5, 0.6) is 0 Å². The third-order valence-corrected chi connectivity index (χ3v) is 7.37. The molecular formula is C27H29BCl2FN7. The average Bonchev–Trinajstić information content (AvgIpc) is 3.57. The molecule has 0 amide bonds. The minimum Gasteiger partial charge on any atom is -0.383 e. The van der Waals surface area contributed by atoms with Crippen molar-refractivity contribution in [2.24, 2.45) is 5.41 Å². The maximum absolute atomic E-state index is 14.0. The number of aromatic nitrogens is 1. The van der Waals surface area contributed by atoms with E-state index in [1.807, 2.05) is 25.1 Å². The van der Waals surface area contributed by atoms with Crippen molar-refractivity contribution >= 4 is 53.3 Å². The van der Waals surface area contributed by atoms with Crippen LogP contribution in [0.25, 0.3) is 10.9 Å². The standard InChI is InChI=1S/C27H29BCl2FN7/c1-26(2,3)14-34-24-15(11-32)12-33-25-19(24)9-17(10-22(25)30)35-27(28,20-7-4-16(31)8-21(20)29)23-13-38(37-36-23)18-5-6-18/h4,7-10,12-13,18,35-37H,5-6,14,28H2,1-3H3,(H,33,34). The molecule has 2 aromatic carbocycles. The summed E-state index contributed by atoms with van der Waals surface area (Å²) in [5.74, 6) is -0.411. The Hall–Kier alpha value is -3.19. The Balaban J connectivity index is 1.62. The van der Waals surface area contributed by atoms with Crippen LogP contribution in [0.2, 0.25) is 10.0 Å². The first-order chi connectivity index (χ1) is 18.0. The second-order valence-corrected chi connectivity index (χ2v) is 12.0. The molecule has 1 fully saturated rings. The van der Waals surface area contributed by atoms with Crippen molar-refractivity contribution < 1.29 is 4.39 Å². The van der Waals surface area contributed by atoms with Gasteiger partial charge < -0.3 is 16.1 Å². The highest BCUT2D eigenvalue weighted by Crippen LogP contribution is 2.40. The lowest BCUT2D eigenvalue weighted by atomic mass is 9.69. The molecule has 1 aliphatic carbocycles. The molecule has 7 nitrogen and oxygen atoms in total. The van der Waals surface area contributed by atoms with E-state index in [0.29, 0.717) is 50.7 Å². The van der Waals surface area contributed by atoms with Crippen molar-refractivity contribution in [2.45, 2.75) is 45.1 Å². The lowest BCUT2D eigenvalue weighted by Crippen LogP contribution is -2.45. The minimum absolute atomic E-state index is 0.0130. The van der Waals surface area contributed by atoms with Crippen LogP contribution >= 0.6 is 23.2 Å². The normalized spacial score (nSPS) is 17.0. The van der Waals surface area contributed by atoms with E-state index in [2.05, 4.69) is 53.4 Å². The van der Waals surface area contributed by atoms with Gasteiger partial charge in [-0.25, -0.2) is 4.39 Å². The molecular weight excluding hydrogens is 523 g/mol. The maximum atomic E-state index is 14.0. The van der Waals surface area contributed by atoms with Crippen LogP contribution in [0.15, 0.2) is 48.4 Å². The molecule has 0 bridgehead atoms. The number of halogens is 3. The maximum Gasteiger partial charge on any atom is 0.148 e. The van der Waals surface area contributed by atoms with E-state index in [1.165, 1.54) is 12.1 Å². The molecule has 196 valence electrons. The molecule has 1 aromatic heterocycles. The Bertz CT molecular complexity index is 1480. The molecule has 4 N–H and O–H groups in total. The monoisotopic (exact) mass is 551 g/mol. The molecule has 2 heterocycles. The fourth-order valence-corrected chi connectivity index (χ4v) is 5.18. The number of rotatable bonds is 7. The van der Waals surface area contributed by atoms with Gasteiger partial charge in [-0.2, -0.15) is 5.26 Å². The zero-order valence-electron chi connectivity index (χ0n) is 21.7. The van der Waals surface area contributed by atoms with E-state index in [-0.39, 0.29) is 5.41 Å². The Morgan fingerprint density at radius 1 is 1.21 bits per heavy atom. The quantitative estimate of drug-likeness (QED) is 0.299. The average molecular weight is 552 g/mol. The van der Waals surface area contributed by atoms with Gasteiger partial charge in [0.25, 0.3) is 0 Å². The largest absolute Gasteiger partial charge is 0.383 e. The molecule has 1 saturated carbocycles. The van der Waals surface area contributed by atoms with E-state index in [4.69, 9.17) is 23.2 Å². The van der Waals surface area contributed by atoms with Crippen LogP contribution in [0.4, 0.5) is 15.8 Å². The molecule has 0 radical (unpaired) electrons. The summed E-state index contributed by atoms with van der Waals surface area (Å²) in [5, 5.41) is 20.3. The molecule has 2 aliphatic rings. The molecule has 38 heavy (non-hydrogen) atoms. The van der Waals surface area contributed by atoms with E-state index in [9.17, 15) is 9.65 Å². The molecule has 1 aliphatic heterocycles. The summed E-state index contributed by atoms with van der Waals surface area (Å²) in [4.78, 5) is 4.46. The number of benzene rings is 2. The number of pyridine rings is 1. The number of anilines is 2. The third kappa shape index (κ3) is 5.21. The SMILES string of the molecule is BC(Nc1cc(Cl)c2ncc(C#N)c(NCC(C)(C)C)c2c1)(C1=CN(C2CC2)NN1)c1ccc(F)cc1Cl. The topological polar surface area (TPSA) is 88.0 Å². The predicted octanol–water partition coefficient (Wildman–Crippen LogP) is 5.24. The van der Waals surface area contributed by atoms with E-state index in [1.54, 1.807) is 18.3 Å². The Morgan fingerprint density at radius 2 is 1.97 bits per heavy atom. The summed E-state index contributed by atoms with van der Waals surface area (Å²) >= 11 is 13.3. The lowest BCUT2D eigenvalue weighted by Gasteiger charge is -2.34. The number of hydrazine groups is 2. The number of hydrogen-bond donors (Lipinski definition) is 4. The first-order valence-corrected chi connectivity index (χ1v) is 13.3. The molecule has 3 aromatic rings. The zero-order chi connectivity index (χ0) is 27.2. The fourth-order valence-electron chi connectivity index (χ4n) is 4.56. The van der Waals surface area contributed by atoms with Crippen molar-refractivity contribution in [3.8, 4) is 6.07 Å². The zero-order valence-corrected chi connectivity index (χ0v) is 23.2. The highest BCUT2D eigenvalue weighted by atomic mass is 35.5. The summed E-state index contributed by atoms with van der Waals surface area (Å²) in [6.45, 7) is 7.01. The van der Waals surface area contributed by atoms with E-state index in [0.717, 1.165) is 23.9 Å². The lowest BCUT2D eigenvalue weighted by molar-refractivity contribution is 0.260. The van der Waals surface area contributed by atoms with Gasteiger partial charge in [-0.3, -0.25) is 9.99 Å². The highest BCUT2D eigenvalue weighted by Gasteiger charge is 2.39. The molecule has 11 heteroatoms. The van der Waals surface area contributed by atoms with Crippen LogP contribution in [0.3, 0.4) is 0 Å². The van der Waals surface area contributed by atoms with Crippen molar-refractivity contribution in [3.05, 3.63) is 75.4 Å². The van der Waals surface area contributed by atoms with Crippen LogP contribution in [0, 0.1) is 22.6 Å². The number of fused-ring (bicyclic) bond motifs is 1. The Morgan fingerprint density at radius 3 is 2.63 bits per heavy atom. The van der Waals surface area contributed by atoms with Gasteiger partial charge in [0.2, 0.25) is 0 Å². The van der Waals surface area contributed by atoms with Gasteiger partial charge >= 0.3 is 0 Å². The van der Waals surface area contributed by atoms with Gasteiger partial charge in [-0.15, -0.1) is 5.53 Å². The number of nitrogens with zero attached hydrogens (tertiary/aromatic N) is 3. The van der Waals surface area contributed by atoms with Gasteiger partial charge in [-0.1, -0.05) is 50.0 Å². The highest BCUT2D eigenvalue weighted by molar-refractivity contribution is 6.36. The van der Waals surface area contributed by atoms with E-state index >= 15 is 0 Å². The van der Waals surface area contributed by atoms with Crippen LogP contribution < -0.4 is 21.6 Å². The van der Waals surface area contributed by atoms with Gasteiger partial charge in [0.05, 0.1) is 32.9 Å². The summed E-state index contributed by atoms with van der Waals surface area (Å²) in [6.07, 6.45) is 5.77. The second kappa shape index (κ2) is 9.85. The van der Waals surface area contributed by atoms with Gasteiger partial charge in [-0.05, 0) is 48.1 Å². The molecule has 1 unspecified atom stereocenters. The van der Waals surface area contributed by atoms with Gasteiger partial charge in [0.1, 0.15) is 19.7 Å². The van der Waals surface area contributed by atoms with Crippen LogP contribution in [-0.4, -0.2) is 30.4 Å². The first-order valence-electron chi connectivity index (χ1n) is 12.5. The van der Waals surface area contributed by atoms with Gasteiger partial charge in [0, 0.05) is 41.1 Å². The fraction of sp³-hybridized carbons (Fsp3) is 0.333.